The molecule has 0 unspecified atom stereocenters. The van der Waals surface area contributed by atoms with Gasteiger partial charge in [-0.15, -0.1) is 0 Å². The molecule has 0 saturated carbocycles. The highest BCUT2D eigenvalue weighted by atomic mass is 16.5. The van der Waals surface area contributed by atoms with E-state index in [9.17, 15) is 5.21 Å². The first-order valence-corrected chi connectivity index (χ1v) is 6.74. The molecule has 0 amide bonds. The number of fused-ring (bicyclic) bond motifs is 1. The van der Waals surface area contributed by atoms with Gasteiger partial charge in [0.05, 0.1) is 0 Å². The van der Waals surface area contributed by atoms with Gasteiger partial charge in [0.1, 0.15) is 6.33 Å². The molecule has 0 aromatic carbocycles. The van der Waals surface area contributed by atoms with E-state index in [0.29, 0.717) is 23.1 Å². The summed E-state index contributed by atoms with van der Waals surface area (Å²) < 4.78 is 8.05. The quantitative estimate of drug-likeness (QED) is 0.539. The summed E-state index contributed by atoms with van der Waals surface area (Å²) in [5, 5.41) is 15.7. The lowest BCUT2D eigenvalue weighted by molar-refractivity contribution is -0.612. The van der Waals surface area contributed by atoms with Crippen LogP contribution in [0, 0.1) is 12.1 Å². The Hall–Kier alpha value is -2.70. The van der Waals surface area contributed by atoms with Gasteiger partial charge in [0.25, 0.3) is 5.78 Å². The fourth-order valence-corrected chi connectivity index (χ4v) is 2.01. The first-order chi connectivity index (χ1) is 10.2. The van der Waals surface area contributed by atoms with Gasteiger partial charge in [0, 0.05) is 24.8 Å². The molecule has 7 heteroatoms. The van der Waals surface area contributed by atoms with Gasteiger partial charge in [-0.1, -0.05) is 13.3 Å². The molecule has 0 aliphatic carbocycles. The minimum atomic E-state index is 0.445. The highest BCUT2D eigenvalue weighted by molar-refractivity contribution is 5.35. The standard InChI is InChI=1S/C14H15N5O2/c1-3-4-11-7-13(19-14(17-11)15-9-16-19)21-12-6-5-10(2)18(20)8-12/h5-9H,3-4H2,1-2H3. The molecular weight excluding hydrogens is 270 g/mol. The van der Waals surface area contributed by atoms with Crippen LogP contribution in [0.2, 0.25) is 0 Å². The first kappa shape index (κ1) is 13.3. The monoisotopic (exact) mass is 285 g/mol. The lowest BCUT2D eigenvalue weighted by Crippen LogP contribution is -2.28. The van der Waals surface area contributed by atoms with Gasteiger partial charge in [-0.2, -0.15) is 19.3 Å². The molecule has 0 aliphatic rings. The number of aryl methyl sites for hydroxylation is 2. The van der Waals surface area contributed by atoms with E-state index < -0.39 is 0 Å². The maximum Gasteiger partial charge on any atom is 0.255 e. The molecule has 0 aliphatic heterocycles. The molecule has 3 heterocycles. The Morgan fingerprint density at radius 3 is 3.00 bits per heavy atom. The molecule has 0 N–H and O–H groups in total. The number of hydrogen-bond acceptors (Lipinski definition) is 5. The number of hydrogen-bond donors (Lipinski definition) is 0. The van der Waals surface area contributed by atoms with Crippen molar-refractivity contribution in [3.05, 3.63) is 47.3 Å². The normalized spacial score (nSPS) is 11.0. The third-order valence-electron chi connectivity index (χ3n) is 3.08. The van der Waals surface area contributed by atoms with Gasteiger partial charge in [0.15, 0.2) is 11.4 Å². The van der Waals surface area contributed by atoms with E-state index in [2.05, 4.69) is 22.0 Å². The maximum atomic E-state index is 11.6. The van der Waals surface area contributed by atoms with E-state index >= 15 is 0 Å². The fraction of sp³-hybridized carbons (Fsp3) is 0.286. The van der Waals surface area contributed by atoms with Gasteiger partial charge in [-0.25, -0.2) is 4.98 Å². The van der Waals surface area contributed by atoms with Gasteiger partial charge in [-0.05, 0) is 12.5 Å². The summed E-state index contributed by atoms with van der Waals surface area (Å²) in [7, 11) is 0. The van der Waals surface area contributed by atoms with E-state index in [-0.39, 0.29) is 0 Å². The smallest absolute Gasteiger partial charge is 0.255 e. The van der Waals surface area contributed by atoms with Crippen molar-refractivity contribution in [1.29, 1.82) is 0 Å². The summed E-state index contributed by atoms with van der Waals surface area (Å²) in [6.45, 7) is 3.81. The van der Waals surface area contributed by atoms with Crippen molar-refractivity contribution in [3.63, 3.8) is 0 Å². The Morgan fingerprint density at radius 1 is 1.38 bits per heavy atom. The molecule has 0 atom stereocenters. The summed E-state index contributed by atoms with van der Waals surface area (Å²) in [6.07, 6.45) is 4.61. The van der Waals surface area contributed by atoms with E-state index in [4.69, 9.17) is 4.74 Å². The zero-order valence-corrected chi connectivity index (χ0v) is 11.9. The maximum absolute atomic E-state index is 11.6. The Labute approximate surface area is 121 Å². The lowest BCUT2D eigenvalue weighted by atomic mass is 10.2. The van der Waals surface area contributed by atoms with Gasteiger partial charge in [-0.3, -0.25) is 0 Å². The zero-order valence-electron chi connectivity index (χ0n) is 11.9. The number of ether oxygens (including phenoxy) is 1. The first-order valence-electron chi connectivity index (χ1n) is 6.74. The minimum Gasteiger partial charge on any atom is -0.618 e. The average molecular weight is 285 g/mol. The van der Waals surface area contributed by atoms with Crippen molar-refractivity contribution in [2.45, 2.75) is 26.7 Å². The van der Waals surface area contributed by atoms with E-state index in [1.807, 2.05) is 6.07 Å². The second-order valence-corrected chi connectivity index (χ2v) is 4.74. The summed E-state index contributed by atoms with van der Waals surface area (Å²) in [4.78, 5) is 8.49. The molecular formula is C14H15N5O2. The number of pyridine rings is 1. The van der Waals surface area contributed by atoms with Crippen LogP contribution in [0.4, 0.5) is 0 Å². The number of nitrogens with zero attached hydrogens (tertiary/aromatic N) is 5. The second kappa shape index (κ2) is 5.35. The van der Waals surface area contributed by atoms with E-state index in [0.717, 1.165) is 23.3 Å². The highest BCUT2D eigenvalue weighted by Gasteiger charge is 2.11. The van der Waals surface area contributed by atoms with Crippen LogP contribution >= 0.6 is 0 Å². The molecule has 21 heavy (non-hydrogen) atoms. The molecule has 0 saturated heterocycles. The predicted molar refractivity (Wildman–Crippen MR) is 75.0 cm³/mol. The fourth-order valence-electron chi connectivity index (χ4n) is 2.01. The van der Waals surface area contributed by atoms with Crippen LogP contribution in [-0.2, 0) is 6.42 Å². The molecule has 0 bridgehead atoms. The minimum absolute atomic E-state index is 0.445. The summed E-state index contributed by atoms with van der Waals surface area (Å²) in [5.74, 6) is 1.42. The number of aromatic nitrogens is 5. The molecule has 0 spiro atoms. The van der Waals surface area contributed by atoms with Crippen LogP contribution in [0.15, 0.2) is 30.7 Å². The SMILES string of the molecule is CCCc1cc(Oc2ccc(C)[n+]([O-])c2)n2ncnc2n1. The van der Waals surface area contributed by atoms with Crippen molar-refractivity contribution >= 4 is 5.78 Å². The third kappa shape index (κ3) is 2.62. The van der Waals surface area contributed by atoms with Crippen LogP contribution in [0.5, 0.6) is 11.6 Å². The molecule has 3 aromatic rings. The van der Waals surface area contributed by atoms with Gasteiger partial charge in [0.2, 0.25) is 12.1 Å². The summed E-state index contributed by atoms with van der Waals surface area (Å²) in [5.41, 5.74) is 1.49. The molecule has 108 valence electrons. The highest BCUT2D eigenvalue weighted by Crippen LogP contribution is 2.21. The van der Waals surface area contributed by atoms with Crippen molar-refractivity contribution in [2.24, 2.45) is 0 Å². The summed E-state index contributed by atoms with van der Waals surface area (Å²) in [6, 6.07) is 5.27. The van der Waals surface area contributed by atoms with E-state index in [1.54, 1.807) is 19.1 Å². The zero-order chi connectivity index (χ0) is 14.8. The molecule has 7 nitrogen and oxygen atoms in total. The lowest BCUT2D eigenvalue weighted by Gasteiger charge is -2.08. The molecule has 0 radical (unpaired) electrons. The van der Waals surface area contributed by atoms with Crippen molar-refractivity contribution in [3.8, 4) is 11.6 Å². The van der Waals surface area contributed by atoms with Crippen molar-refractivity contribution < 1.29 is 9.47 Å². The summed E-state index contributed by atoms with van der Waals surface area (Å²) >= 11 is 0. The Bertz CT molecular complexity index is 784. The topological polar surface area (TPSA) is 79.2 Å². The van der Waals surface area contributed by atoms with Crippen LogP contribution < -0.4 is 9.47 Å². The number of rotatable bonds is 4. The average Bonchev–Trinajstić information content (AvgIpc) is 2.92. The Morgan fingerprint density at radius 2 is 2.24 bits per heavy atom. The van der Waals surface area contributed by atoms with Crippen molar-refractivity contribution in [1.82, 2.24) is 19.6 Å². The molecule has 3 rings (SSSR count). The third-order valence-corrected chi connectivity index (χ3v) is 3.08. The largest absolute Gasteiger partial charge is 0.618 e. The van der Waals surface area contributed by atoms with Gasteiger partial charge >= 0.3 is 0 Å². The molecule has 0 fully saturated rings. The Kier molecular flexibility index (Phi) is 3.39. The van der Waals surface area contributed by atoms with Crippen molar-refractivity contribution in [2.75, 3.05) is 0 Å². The Balaban J connectivity index is 2.01. The molecule has 3 aromatic heterocycles. The van der Waals surface area contributed by atoms with Crippen LogP contribution in [0.25, 0.3) is 5.78 Å². The van der Waals surface area contributed by atoms with E-state index in [1.165, 1.54) is 17.0 Å². The van der Waals surface area contributed by atoms with Crippen LogP contribution in [0.1, 0.15) is 24.7 Å². The van der Waals surface area contributed by atoms with Crippen LogP contribution in [0.3, 0.4) is 0 Å². The van der Waals surface area contributed by atoms with Gasteiger partial charge < -0.3 is 9.94 Å². The second-order valence-electron chi connectivity index (χ2n) is 4.74. The van der Waals surface area contributed by atoms with Crippen LogP contribution in [-0.4, -0.2) is 19.6 Å². The predicted octanol–water partition coefficient (Wildman–Crippen LogP) is 1.81.